The number of ether oxygens (including phenoxy) is 1. The lowest BCUT2D eigenvalue weighted by Crippen LogP contribution is -2.26. The van der Waals surface area contributed by atoms with Crippen molar-refractivity contribution < 1.29 is 9.53 Å². The molecule has 0 aliphatic heterocycles. The molecule has 4 nitrogen and oxygen atoms in total. The number of carbonyl (C=O) groups excluding carboxylic acids is 1. The maximum absolute atomic E-state index is 12.1. The second-order valence-corrected chi connectivity index (χ2v) is 8.14. The van der Waals surface area contributed by atoms with Gasteiger partial charge in [0.1, 0.15) is 11.1 Å². The molecule has 2 aromatic rings. The molecule has 0 spiro atoms. The van der Waals surface area contributed by atoms with Crippen LogP contribution in [-0.4, -0.2) is 21.3 Å². The lowest BCUT2D eigenvalue weighted by Gasteiger charge is -2.14. The van der Waals surface area contributed by atoms with Crippen LogP contribution in [0.2, 0.25) is 0 Å². The molecule has 0 saturated carbocycles. The van der Waals surface area contributed by atoms with Crippen LogP contribution in [0.15, 0.2) is 36.7 Å². The summed E-state index contributed by atoms with van der Waals surface area (Å²) in [5.74, 6) is 0.813. The van der Waals surface area contributed by atoms with Gasteiger partial charge in [-0.1, -0.05) is 59.3 Å². The van der Waals surface area contributed by atoms with Gasteiger partial charge < -0.3 is 4.74 Å². The molecular weight excluding hydrogens is 384 g/mol. The van der Waals surface area contributed by atoms with Crippen molar-refractivity contribution >= 4 is 17.6 Å². The molecule has 0 radical (unpaired) electrons. The summed E-state index contributed by atoms with van der Waals surface area (Å²) >= 11 is 6.15. The van der Waals surface area contributed by atoms with E-state index < -0.39 is 11.3 Å². The van der Waals surface area contributed by atoms with Crippen molar-refractivity contribution in [2.75, 3.05) is 0 Å². The zero-order chi connectivity index (χ0) is 21.1. The molecule has 0 fully saturated rings. The fourth-order valence-corrected chi connectivity index (χ4v) is 3.25. The molecule has 1 heterocycles. The Balaban J connectivity index is 1.85. The average molecular weight is 417 g/mol. The number of halogens is 1. The predicted molar refractivity (Wildman–Crippen MR) is 119 cm³/mol. The molecule has 0 bridgehead atoms. The van der Waals surface area contributed by atoms with E-state index in [9.17, 15) is 4.79 Å². The van der Waals surface area contributed by atoms with Crippen LogP contribution in [0.4, 0.5) is 0 Å². The first kappa shape index (κ1) is 23.3. The second kappa shape index (κ2) is 12.6. The van der Waals surface area contributed by atoms with Crippen molar-refractivity contribution in [2.24, 2.45) is 5.92 Å². The van der Waals surface area contributed by atoms with Crippen molar-refractivity contribution in [1.29, 1.82) is 0 Å². The fraction of sp³-hybridized carbons (Fsp3) is 0.542. The summed E-state index contributed by atoms with van der Waals surface area (Å²) in [6.07, 6.45) is 13.4. The Bertz CT molecular complexity index is 732. The quantitative estimate of drug-likeness (QED) is 0.169. The number of hydrogen-bond donors (Lipinski definition) is 0. The fourth-order valence-electron chi connectivity index (χ4n) is 3.03. The third-order valence-electron chi connectivity index (χ3n) is 5.22. The van der Waals surface area contributed by atoms with Crippen molar-refractivity contribution in [3.05, 3.63) is 42.2 Å². The Kier molecular flexibility index (Phi) is 10.1. The van der Waals surface area contributed by atoms with E-state index >= 15 is 0 Å². The number of unbranched alkanes of at least 4 members (excludes halogenated alkanes) is 5. The molecule has 2 rings (SSSR count). The third kappa shape index (κ3) is 7.77. The van der Waals surface area contributed by atoms with Crippen LogP contribution in [0.1, 0.15) is 71.3 Å². The Morgan fingerprint density at radius 1 is 1.00 bits per heavy atom. The maximum atomic E-state index is 12.1. The molecule has 0 aliphatic carbocycles. The van der Waals surface area contributed by atoms with E-state index in [1.807, 2.05) is 38.4 Å². The molecule has 29 heavy (non-hydrogen) atoms. The zero-order valence-electron chi connectivity index (χ0n) is 17.9. The number of benzene rings is 1. The SMILES string of the molecule is CCCCCCCCc1cnc(-c2ccc(OC(=O)[C@@H](Cl)[C@@H](C)CC)cc2)nc1. The largest absolute Gasteiger partial charge is 0.425 e. The molecule has 5 heteroatoms. The van der Waals surface area contributed by atoms with Crippen molar-refractivity contribution in [1.82, 2.24) is 9.97 Å². The molecule has 2 atom stereocenters. The highest BCUT2D eigenvalue weighted by molar-refractivity contribution is 6.30. The number of aryl methyl sites for hydroxylation is 1. The van der Waals surface area contributed by atoms with E-state index in [0.29, 0.717) is 11.6 Å². The highest BCUT2D eigenvalue weighted by Crippen LogP contribution is 2.22. The van der Waals surface area contributed by atoms with Gasteiger partial charge in [-0.2, -0.15) is 0 Å². The van der Waals surface area contributed by atoms with Crippen molar-refractivity contribution in [3.63, 3.8) is 0 Å². The van der Waals surface area contributed by atoms with Gasteiger partial charge >= 0.3 is 5.97 Å². The summed E-state index contributed by atoms with van der Waals surface area (Å²) in [5, 5.41) is -0.637. The molecule has 0 saturated heterocycles. The third-order valence-corrected chi connectivity index (χ3v) is 5.83. The van der Waals surface area contributed by atoms with Gasteiger partial charge in [0.25, 0.3) is 0 Å². The average Bonchev–Trinajstić information content (AvgIpc) is 2.76. The Morgan fingerprint density at radius 2 is 1.62 bits per heavy atom. The monoisotopic (exact) mass is 416 g/mol. The van der Waals surface area contributed by atoms with Gasteiger partial charge in [0, 0.05) is 18.0 Å². The van der Waals surface area contributed by atoms with Gasteiger partial charge in [-0.15, -0.1) is 11.6 Å². The topological polar surface area (TPSA) is 52.1 Å². The lowest BCUT2D eigenvalue weighted by atomic mass is 10.1. The summed E-state index contributed by atoms with van der Waals surface area (Å²) < 4.78 is 5.38. The van der Waals surface area contributed by atoms with E-state index in [1.54, 1.807) is 12.1 Å². The van der Waals surface area contributed by atoms with Gasteiger partial charge in [-0.3, -0.25) is 4.79 Å². The normalized spacial score (nSPS) is 13.1. The van der Waals surface area contributed by atoms with Crippen molar-refractivity contribution in [2.45, 2.75) is 77.5 Å². The van der Waals surface area contributed by atoms with Crippen LogP contribution in [-0.2, 0) is 11.2 Å². The number of nitrogens with zero attached hydrogens (tertiary/aromatic N) is 2. The van der Waals surface area contributed by atoms with Gasteiger partial charge in [0.2, 0.25) is 0 Å². The minimum absolute atomic E-state index is 0.0756. The molecular formula is C24H33ClN2O2. The van der Waals surface area contributed by atoms with Crippen LogP contribution >= 0.6 is 11.6 Å². The molecule has 0 unspecified atom stereocenters. The van der Waals surface area contributed by atoms with E-state index in [4.69, 9.17) is 16.3 Å². The van der Waals surface area contributed by atoms with Gasteiger partial charge in [0.05, 0.1) is 0 Å². The molecule has 1 aromatic heterocycles. The van der Waals surface area contributed by atoms with Gasteiger partial charge in [-0.05, 0) is 48.6 Å². The summed E-state index contributed by atoms with van der Waals surface area (Å²) in [6, 6.07) is 7.22. The summed E-state index contributed by atoms with van der Waals surface area (Å²) in [5.41, 5.74) is 2.06. The second-order valence-electron chi connectivity index (χ2n) is 7.67. The Morgan fingerprint density at radius 3 is 2.24 bits per heavy atom. The van der Waals surface area contributed by atoms with E-state index in [-0.39, 0.29) is 5.92 Å². The Labute approximate surface area is 180 Å². The number of aromatic nitrogens is 2. The number of esters is 1. The minimum atomic E-state index is -0.637. The van der Waals surface area contributed by atoms with Gasteiger partial charge in [0.15, 0.2) is 5.82 Å². The van der Waals surface area contributed by atoms with Crippen LogP contribution in [0.3, 0.4) is 0 Å². The van der Waals surface area contributed by atoms with Crippen LogP contribution in [0.5, 0.6) is 5.75 Å². The predicted octanol–water partition coefficient (Wildman–Crippen LogP) is 6.61. The number of hydrogen-bond acceptors (Lipinski definition) is 4. The molecule has 0 N–H and O–H groups in total. The summed E-state index contributed by atoms with van der Waals surface area (Å²) in [7, 11) is 0. The molecule has 158 valence electrons. The first-order chi connectivity index (χ1) is 14.0. The molecule has 0 aliphatic rings. The molecule has 1 aromatic carbocycles. The highest BCUT2D eigenvalue weighted by Gasteiger charge is 2.23. The standard InChI is InChI=1S/C24H33ClN2O2/c1-4-6-7-8-9-10-11-19-16-26-23(27-17-19)20-12-14-21(15-13-20)29-24(28)22(25)18(3)5-2/h12-18,22H,4-11H2,1-3H3/t18-,22-/m0/s1. The first-order valence-electron chi connectivity index (χ1n) is 10.8. The summed E-state index contributed by atoms with van der Waals surface area (Å²) in [4.78, 5) is 21.1. The number of rotatable bonds is 12. The summed E-state index contributed by atoms with van der Waals surface area (Å²) in [6.45, 7) is 6.18. The number of alkyl halides is 1. The smallest absolute Gasteiger partial charge is 0.329 e. The van der Waals surface area contributed by atoms with Crippen LogP contribution in [0.25, 0.3) is 11.4 Å². The Hall–Kier alpha value is -1.94. The van der Waals surface area contributed by atoms with E-state index in [1.165, 1.54) is 44.1 Å². The highest BCUT2D eigenvalue weighted by atomic mass is 35.5. The number of carbonyl (C=O) groups is 1. The first-order valence-corrected chi connectivity index (χ1v) is 11.3. The van der Waals surface area contributed by atoms with E-state index in [0.717, 1.165) is 18.4 Å². The zero-order valence-corrected chi connectivity index (χ0v) is 18.6. The van der Waals surface area contributed by atoms with Crippen LogP contribution < -0.4 is 4.74 Å². The molecule has 0 amide bonds. The van der Waals surface area contributed by atoms with E-state index in [2.05, 4.69) is 16.9 Å². The maximum Gasteiger partial charge on any atom is 0.329 e. The lowest BCUT2D eigenvalue weighted by molar-refractivity contribution is -0.134. The van der Waals surface area contributed by atoms with Crippen LogP contribution in [0, 0.1) is 5.92 Å². The minimum Gasteiger partial charge on any atom is -0.425 e. The van der Waals surface area contributed by atoms with Gasteiger partial charge in [-0.25, -0.2) is 9.97 Å². The van der Waals surface area contributed by atoms with Crippen molar-refractivity contribution in [3.8, 4) is 17.1 Å².